The first kappa shape index (κ1) is 17.3. The van der Waals surface area contributed by atoms with Crippen LogP contribution in [0, 0.1) is 19.3 Å². The average Bonchev–Trinajstić information content (AvgIpc) is 3.04. The fraction of sp³-hybridized carbons (Fsp3) is 0.167. The highest BCUT2D eigenvalue weighted by Gasteiger charge is 2.16. The second-order valence-electron chi connectivity index (χ2n) is 5.75. The molecule has 0 bridgehead atoms. The number of aromatic nitrogens is 4. The smallest absolute Gasteiger partial charge is 0.261 e. The van der Waals surface area contributed by atoms with Gasteiger partial charge in [-0.1, -0.05) is 0 Å². The topological polar surface area (TPSA) is 108 Å². The number of hydrogen-bond donors (Lipinski definition) is 3. The Morgan fingerprint density at radius 1 is 1.27 bits per heavy atom. The first-order chi connectivity index (χ1) is 12.5. The van der Waals surface area contributed by atoms with Crippen molar-refractivity contribution >= 4 is 29.0 Å². The Bertz CT molecular complexity index is 1000. The molecule has 0 saturated heterocycles. The van der Waals surface area contributed by atoms with Crippen LogP contribution in [-0.2, 0) is 0 Å². The van der Waals surface area contributed by atoms with E-state index in [-0.39, 0.29) is 5.91 Å². The van der Waals surface area contributed by atoms with Gasteiger partial charge in [-0.15, -0.1) is 0 Å². The van der Waals surface area contributed by atoms with Gasteiger partial charge in [-0.2, -0.15) is 5.10 Å². The summed E-state index contributed by atoms with van der Waals surface area (Å²) < 4.78 is 1.64. The maximum Gasteiger partial charge on any atom is 0.261 e. The lowest BCUT2D eigenvalue weighted by atomic mass is 10.2. The summed E-state index contributed by atoms with van der Waals surface area (Å²) in [4.78, 5) is 21.3. The summed E-state index contributed by atoms with van der Waals surface area (Å²) in [6, 6.07) is 5.39. The summed E-state index contributed by atoms with van der Waals surface area (Å²) in [7, 11) is 1.76. The Morgan fingerprint density at radius 3 is 2.73 bits per heavy atom. The Kier molecular flexibility index (Phi) is 4.74. The van der Waals surface area contributed by atoms with E-state index in [0.717, 1.165) is 11.4 Å². The molecule has 1 amide bonds. The number of carbonyl (C=O) groups excluding carboxylic acids is 1. The van der Waals surface area contributed by atoms with Gasteiger partial charge in [0, 0.05) is 36.4 Å². The molecule has 8 heteroatoms. The van der Waals surface area contributed by atoms with Gasteiger partial charge in [-0.25, -0.2) is 9.50 Å². The number of aryl methyl sites for hydroxylation is 2. The quantitative estimate of drug-likeness (QED) is 0.612. The van der Waals surface area contributed by atoms with E-state index >= 15 is 0 Å². The highest BCUT2D eigenvalue weighted by molar-refractivity contribution is 6.09. The van der Waals surface area contributed by atoms with Crippen molar-refractivity contribution in [3.05, 3.63) is 59.4 Å². The lowest BCUT2D eigenvalue weighted by Crippen LogP contribution is -2.13. The van der Waals surface area contributed by atoms with E-state index in [2.05, 4.69) is 25.7 Å². The van der Waals surface area contributed by atoms with Crippen LogP contribution in [0.3, 0.4) is 0 Å². The second kappa shape index (κ2) is 7.14. The molecule has 26 heavy (non-hydrogen) atoms. The van der Waals surface area contributed by atoms with Gasteiger partial charge in [0.15, 0.2) is 5.65 Å². The molecule has 132 valence electrons. The molecule has 3 rings (SSSR count). The van der Waals surface area contributed by atoms with Gasteiger partial charge >= 0.3 is 0 Å². The third-order valence-corrected chi connectivity index (χ3v) is 3.80. The number of anilines is 1. The Balaban J connectivity index is 1.85. The van der Waals surface area contributed by atoms with Crippen LogP contribution < -0.4 is 10.6 Å². The molecule has 8 nitrogen and oxygen atoms in total. The van der Waals surface area contributed by atoms with Crippen LogP contribution in [0.5, 0.6) is 0 Å². The summed E-state index contributed by atoms with van der Waals surface area (Å²) in [6.45, 7) is 3.79. The summed E-state index contributed by atoms with van der Waals surface area (Å²) in [5, 5.41) is 17.3. The number of carbonyl (C=O) groups is 1. The Hall–Kier alpha value is -3.55. The number of fused-ring (bicyclic) bond motifs is 1. The fourth-order valence-electron chi connectivity index (χ4n) is 2.61. The standard InChI is InChI=1S/C18H19N7O/c1-11-6-12(2)25-17(23-11)15(10-22-25)18(26)24-14-4-5-16(21-9-14)13(7-19)8-20-3/h4-10,19-20H,1-3H3,(H,24,26)/b13-8+,19-7?. The van der Waals surface area contributed by atoms with E-state index in [9.17, 15) is 4.79 Å². The third kappa shape index (κ3) is 3.30. The lowest BCUT2D eigenvalue weighted by Gasteiger charge is -2.06. The molecule has 0 saturated carbocycles. The number of amides is 1. The number of nitrogens with one attached hydrogen (secondary N) is 3. The minimum Gasteiger partial charge on any atom is -0.393 e. The van der Waals surface area contributed by atoms with Crippen molar-refractivity contribution in [1.29, 1.82) is 5.41 Å². The monoisotopic (exact) mass is 349 g/mol. The number of nitrogens with zero attached hydrogens (tertiary/aromatic N) is 4. The van der Waals surface area contributed by atoms with Crippen molar-refractivity contribution in [2.75, 3.05) is 12.4 Å². The van der Waals surface area contributed by atoms with E-state index < -0.39 is 0 Å². The number of allylic oxidation sites excluding steroid dienone is 1. The molecule has 0 radical (unpaired) electrons. The van der Waals surface area contributed by atoms with Crippen molar-refractivity contribution in [2.45, 2.75) is 13.8 Å². The molecule has 3 aromatic heterocycles. The zero-order valence-corrected chi connectivity index (χ0v) is 14.7. The van der Waals surface area contributed by atoms with E-state index in [4.69, 9.17) is 5.41 Å². The molecular formula is C18H19N7O. The molecule has 0 aromatic carbocycles. The van der Waals surface area contributed by atoms with Crippen LogP contribution in [-0.4, -0.2) is 38.8 Å². The van der Waals surface area contributed by atoms with Crippen molar-refractivity contribution < 1.29 is 4.79 Å². The SMILES string of the molecule is CN/C=C(\C=N)c1ccc(NC(=O)c2cnn3c(C)cc(C)nc23)cn1. The number of pyridine rings is 1. The molecule has 0 spiro atoms. The average molecular weight is 349 g/mol. The van der Waals surface area contributed by atoms with Crippen LogP contribution in [0.2, 0.25) is 0 Å². The van der Waals surface area contributed by atoms with Crippen LogP contribution in [0.15, 0.2) is 36.8 Å². The number of hydrogen-bond acceptors (Lipinski definition) is 6. The molecule has 3 aromatic rings. The zero-order chi connectivity index (χ0) is 18.7. The third-order valence-electron chi connectivity index (χ3n) is 3.80. The van der Waals surface area contributed by atoms with Crippen molar-refractivity contribution in [3.8, 4) is 0 Å². The molecule has 3 heterocycles. The maximum atomic E-state index is 12.6. The molecule has 0 unspecified atom stereocenters. The van der Waals surface area contributed by atoms with Crippen LogP contribution >= 0.6 is 0 Å². The highest BCUT2D eigenvalue weighted by atomic mass is 16.1. The van der Waals surface area contributed by atoms with Crippen molar-refractivity contribution in [3.63, 3.8) is 0 Å². The lowest BCUT2D eigenvalue weighted by molar-refractivity contribution is 0.102. The highest BCUT2D eigenvalue weighted by Crippen LogP contribution is 2.16. The predicted molar refractivity (Wildman–Crippen MR) is 100 cm³/mol. The van der Waals surface area contributed by atoms with Crippen LogP contribution in [0.4, 0.5) is 5.69 Å². The van der Waals surface area contributed by atoms with E-state index in [0.29, 0.717) is 28.2 Å². The van der Waals surface area contributed by atoms with Gasteiger partial charge in [0.2, 0.25) is 0 Å². The first-order valence-corrected chi connectivity index (χ1v) is 8.01. The molecule has 0 atom stereocenters. The van der Waals surface area contributed by atoms with Gasteiger partial charge in [0.05, 0.1) is 23.8 Å². The van der Waals surface area contributed by atoms with Gasteiger partial charge in [0.25, 0.3) is 5.91 Å². The van der Waals surface area contributed by atoms with Gasteiger partial charge in [0.1, 0.15) is 5.56 Å². The van der Waals surface area contributed by atoms with Crippen molar-refractivity contribution in [1.82, 2.24) is 24.9 Å². The predicted octanol–water partition coefficient (Wildman–Crippen LogP) is 2.20. The Labute approximate surface area is 150 Å². The molecular weight excluding hydrogens is 330 g/mol. The van der Waals surface area contributed by atoms with Gasteiger partial charge in [-0.05, 0) is 32.0 Å². The summed E-state index contributed by atoms with van der Waals surface area (Å²) in [5.41, 5.74) is 4.48. The fourth-order valence-corrected chi connectivity index (χ4v) is 2.61. The van der Waals surface area contributed by atoms with Crippen LogP contribution in [0.25, 0.3) is 11.2 Å². The largest absolute Gasteiger partial charge is 0.393 e. The molecule has 0 aliphatic carbocycles. The normalized spacial score (nSPS) is 11.4. The van der Waals surface area contributed by atoms with Crippen LogP contribution in [0.1, 0.15) is 27.4 Å². The van der Waals surface area contributed by atoms with E-state index in [1.807, 2.05) is 19.9 Å². The summed E-state index contributed by atoms with van der Waals surface area (Å²) >= 11 is 0. The zero-order valence-electron chi connectivity index (χ0n) is 14.7. The molecule has 3 N–H and O–H groups in total. The second-order valence-corrected chi connectivity index (χ2v) is 5.75. The number of rotatable bonds is 5. The molecule has 0 aliphatic rings. The molecule has 0 fully saturated rings. The minimum absolute atomic E-state index is 0.301. The first-order valence-electron chi connectivity index (χ1n) is 8.01. The van der Waals surface area contributed by atoms with E-state index in [1.54, 1.807) is 36.1 Å². The Morgan fingerprint density at radius 2 is 2.08 bits per heavy atom. The molecule has 0 aliphatic heterocycles. The van der Waals surface area contributed by atoms with Gasteiger partial charge in [-0.3, -0.25) is 9.78 Å². The van der Waals surface area contributed by atoms with Gasteiger partial charge < -0.3 is 16.0 Å². The summed E-state index contributed by atoms with van der Waals surface area (Å²) in [5.74, 6) is -0.301. The summed E-state index contributed by atoms with van der Waals surface area (Å²) in [6.07, 6.45) is 5.96. The minimum atomic E-state index is -0.301. The van der Waals surface area contributed by atoms with E-state index in [1.165, 1.54) is 12.4 Å². The maximum absolute atomic E-state index is 12.6. The van der Waals surface area contributed by atoms with Crippen molar-refractivity contribution in [2.24, 2.45) is 0 Å².